The van der Waals surface area contributed by atoms with Gasteiger partial charge in [-0.05, 0) is 0 Å². The third kappa shape index (κ3) is 2.13. The molecule has 1 aromatic rings. The van der Waals surface area contributed by atoms with Crippen LogP contribution in [0.15, 0.2) is 12.4 Å². The molecule has 0 aliphatic heterocycles. The van der Waals surface area contributed by atoms with Gasteiger partial charge in [0.1, 0.15) is 0 Å². The zero-order chi connectivity index (χ0) is 7.56. The Hall–Kier alpha value is -0.670. The monoisotopic (exact) mass is 195 g/mol. The number of halogens is 3. The molecule has 1 rings (SSSR count). The lowest BCUT2D eigenvalue weighted by Gasteiger charge is -1.93. The van der Waals surface area contributed by atoms with Crippen molar-refractivity contribution < 1.29 is 9.18 Å². The number of hydrogen-bond acceptors (Lipinski definition) is 2. The maximum absolute atomic E-state index is 12.4. The second kappa shape index (κ2) is 4.26. The third-order valence-corrected chi connectivity index (χ3v) is 1.39. The summed E-state index contributed by atoms with van der Waals surface area (Å²) in [5.74, 6) is -0.675. The number of carbonyl (C=O) groups excluding carboxylic acids is 1. The maximum Gasteiger partial charge on any atom is 0.160 e. The molecule has 0 aliphatic rings. The van der Waals surface area contributed by atoms with E-state index in [1.165, 1.54) is 6.20 Å². The second-order valence-electron chi connectivity index (χ2n) is 1.64. The van der Waals surface area contributed by atoms with Gasteiger partial charge in [-0.15, -0.1) is 12.4 Å². The van der Waals surface area contributed by atoms with Gasteiger partial charge in [0.25, 0.3) is 0 Å². The number of carbonyl (C=O) groups is 1. The zero-order valence-corrected chi connectivity index (χ0v) is 6.82. The number of nitrogens with zero attached hydrogens (tertiary/aromatic N) is 1. The van der Waals surface area contributed by atoms with Gasteiger partial charge >= 0.3 is 0 Å². The minimum atomic E-state index is -0.675. The molecule has 5 heteroatoms. The summed E-state index contributed by atoms with van der Waals surface area (Å²) in [6.45, 7) is 0. The fourth-order valence-electron chi connectivity index (χ4n) is 0.516. The molecular weight excluding hydrogens is 192 g/mol. The van der Waals surface area contributed by atoms with Gasteiger partial charge in [0.2, 0.25) is 0 Å². The SMILES string of the molecule is Cl.O=Cc1cncc(F)c1Cl. The molecule has 0 radical (unpaired) electrons. The summed E-state index contributed by atoms with van der Waals surface area (Å²) in [6.07, 6.45) is 2.62. The number of rotatable bonds is 1. The zero-order valence-electron chi connectivity index (χ0n) is 5.25. The fraction of sp³-hybridized carbons (Fsp3) is 0. The maximum atomic E-state index is 12.4. The lowest BCUT2D eigenvalue weighted by atomic mass is 10.3. The minimum absolute atomic E-state index is 0. The number of hydrogen-bond donors (Lipinski definition) is 0. The van der Waals surface area contributed by atoms with E-state index in [0.717, 1.165) is 6.20 Å². The Morgan fingerprint density at radius 1 is 1.55 bits per heavy atom. The largest absolute Gasteiger partial charge is 0.298 e. The third-order valence-electron chi connectivity index (χ3n) is 0.992. The lowest BCUT2D eigenvalue weighted by Crippen LogP contribution is -1.87. The van der Waals surface area contributed by atoms with Gasteiger partial charge in [-0.3, -0.25) is 9.78 Å². The quantitative estimate of drug-likeness (QED) is 0.643. The molecule has 0 N–H and O–H groups in total. The van der Waals surface area contributed by atoms with E-state index in [1.54, 1.807) is 0 Å². The van der Waals surface area contributed by atoms with E-state index in [0.29, 0.717) is 6.29 Å². The smallest absolute Gasteiger partial charge is 0.160 e. The molecular formula is C6H4Cl2FNO. The standard InChI is InChI=1S/C6H3ClFNO.ClH/c7-6-4(3-10)1-9-2-5(6)8;/h1-3H;1H. The Balaban J connectivity index is 0.000001000. The lowest BCUT2D eigenvalue weighted by molar-refractivity contribution is 0.112. The van der Waals surface area contributed by atoms with E-state index < -0.39 is 5.82 Å². The molecule has 0 unspecified atom stereocenters. The van der Waals surface area contributed by atoms with Gasteiger partial charge in [0, 0.05) is 6.20 Å². The molecule has 0 saturated carbocycles. The normalized spacial score (nSPS) is 8.55. The molecule has 1 heterocycles. The molecule has 0 bridgehead atoms. The van der Waals surface area contributed by atoms with Crippen LogP contribution < -0.4 is 0 Å². The molecule has 11 heavy (non-hydrogen) atoms. The average Bonchev–Trinajstić information content (AvgIpc) is 1.95. The van der Waals surface area contributed by atoms with Crippen molar-refractivity contribution >= 4 is 30.3 Å². The first-order chi connectivity index (χ1) is 4.75. The van der Waals surface area contributed by atoms with Crippen molar-refractivity contribution in [3.63, 3.8) is 0 Å². The molecule has 0 fully saturated rings. The molecule has 0 amide bonds. The highest BCUT2D eigenvalue weighted by atomic mass is 35.5. The Labute approximate surface area is 73.8 Å². The molecule has 60 valence electrons. The first-order valence-electron chi connectivity index (χ1n) is 2.50. The number of aromatic nitrogens is 1. The van der Waals surface area contributed by atoms with Crippen LogP contribution in [0.4, 0.5) is 4.39 Å². The van der Waals surface area contributed by atoms with Crippen LogP contribution in [0.3, 0.4) is 0 Å². The molecule has 0 atom stereocenters. The van der Waals surface area contributed by atoms with Crippen LogP contribution in [-0.2, 0) is 0 Å². The van der Waals surface area contributed by atoms with Crippen LogP contribution in [0.25, 0.3) is 0 Å². The van der Waals surface area contributed by atoms with E-state index in [-0.39, 0.29) is 23.0 Å². The van der Waals surface area contributed by atoms with Crippen molar-refractivity contribution in [2.75, 3.05) is 0 Å². The summed E-state index contributed by atoms with van der Waals surface area (Å²) in [5, 5.41) is -0.176. The predicted molar refractivity (Wildman–Crippen MR) is 41.8 cm³/mol. The summed E-state index contributed by atoms with van der Waals surface area (Å²) >= 11 is 5.35. The van der Waals surface area contributed by atoms with E-state index in [2.05, 4.69) is 4.98 Å². The van der Waals surface area contributed by atoms with Crippen LogP contribution in [0.1, 0.15) is 10.4 Å². The minimum Gasteiger partial charge on any atom is -0.298 e. The number of pyridine rings is 1. The summed E-state index contributed by atoms with van der Waals surface area (Å²) in [6, 6.07) is 0. The highest BCUT2D eigenvalue weighted by molar-refractivity contribution is 6.33. The van der Waals surface area contributed by atoms with Crippen molar-refractivity contribution in [2.24, 2.45) is 0 Å². The molecule has 1 aromatic heterocycles. The van der Waals surface area contributed by atoms with Gasteiger partial charge in [-0.1, -0.05) is 11.6 Å². The van der Waals surface area contributed by atoms with E-state index >= 15 is 0 Å². The van der Waals surface area contributed by atoms with Crippen LogP contribution in [0.2, 0.25) is 5.02 Å². The van der Waals surface area contributed by atoms with Gasteiger partial charge in [-0.2, -0.15) is 0 Å². The molecule has 0 spiro atoms. The van der Waals surface area contributed by atoms with Crippen LogP contribution in [0, 0.1) is 5.82 Å². The Bertz CT molecular complexity index is 267. The average molecular weight is 196 g/mol. The topological polar surface area (TPSA) is 30.0 Å². The predicted octanol–water partition coefficient (Wildman–Crippen LogP) is 2.11. The van der Waals surface area contributed by atoms with Gasteiger partial charge in [0.15, 0.2) is 12.1 Å². The molecule has 0 aliphatic carbocycles. The highest BCUT2D eigenvalue weighted by Crippen LogP contribution is 2.15. The molecule has 0 aromatic carbocycles. The van der Waals surface area contributed by atoms with E-state index in [9.17, 15) is 9.18 Å². The van der Waals surface area contributed by atoms with Gasteiger partial charge < -0.3 is 0 Å². The summed E-state index contributed by atoms with van der Waals surface area (Å²) in [5.41, 5.74) is 0.0710. The van der Waals surface area contributed by atoms with Crippen LogP contribution in [-0.4, -0.2) is 11.3 Å². The Kier molecular flexibility index (Phi) is 4.00. The molecule has 2 nitrogen and oxygen atoms in total. The van der Waals surface area contributed by atoms with Crippen LogP contribution >= 0.6 is 24.0 Å². The Morgan fingerprint density at radius 2 is 2.18 bits per heavy atom. The number of aldehydes is 1. The fourth-order valence-corrected chi connectivity index (χ4v) is 0.659. The van der Waals surface area contributed by atoms with Crippen molar-refractivity contribution in [3.8, 4) is 0 Å². The summed E-state index contributed by atoms with van der Waals surface area (Å²) < 4.78 is 12.4. The van der Waals surface area contributed by atoms with Crippen molar-refractivity contribution in [1.29, 1.82) is 0 Å². The van der Waals surface area contributed by atoms with Crippen molar-refractivity contribution in [2.45, 2.75) is 0 Å². The van der Waals surface area contributed by atoms with Gasteiger partial charge in [-0.25, -0.2) is 4.39 Å². The van der Waals surface area contributed by atoms with Crippen molar-refractivity contribution in [1.82, 2.24) is 4.98 Å². The van der Waals surface area contributed by atoms with Crippen LogP contribution in [0.5, 0.6) is 0 Å². The van der Waals surface area contributed by atoms with Gasteiger partial charge in [0.05, 0.1) is 16.8 Å². The summed E-state index contributed by atoms with van der Waals surface area (Å²) in [4.78, 5) is 13.5. The first-order valence-corrected chi connectivity index (χ1v) is 2.87. The summed E-state index contributed by atoms with van der Waals surface area (Å²) in [7, 11) is 0. The van der Waals surface area contributed by atoms with E-state index in [1.807, 2.05) is 0 Å². The Morgan fingerprint density at radius 3 is 2.64 bits per heavy atom. The second-order valence-corrected chi connectivity index (χ2v) is 2.02. The molecule has 0 saturated heterocycles. The highest BCUT2D eigenvalue weighted by Gasteiger charge is 2.03. The van der Waals surface area contributed by atoms with Crippen molar-refractivity contribution in [3.05, 3.63) is 28.8 Å². The van der Waals surface area contributed by atoms with E-state index in [4.69, 9.17) is 11.6 Å². The first kappa shape index (κ1) is 10.3.